The molecule has 3 N–H and O–H groups in total. The molecule has 1 amide bonds. The molecule has 1 saturated carbocycles. The van der Waals surface area contributed by atoms with Gasteiger partial charge in [-0.05, 0) is 82.1 Å². The first-order valence-electron chi connectivity index (χ1n) is 12.4. The predicted octanol–water partition coefficient (Wildman–Crippen LogP) is 5.25. The van der Waals surface area contributed by atoms with E-state index < -0.39 is 11.6 Å². The van der Waals surface area contributed by atoms with E-state index in [9.17, 15) is 19.1 Å². The number of hydrogen-bond donors (Lipinski definition) is 3. The van der Waals surface area contributed by atoms with Crippen LogP contribution >= 0.6 is 11.6 Å². The van der Waals surface area contributed by atoms with Gasteiger partial charge in [0.2, 0.25) is 5.91 Å². The SMILES string of the molecule is CC(=O)c1cnc2ccc(-c3cc(F)c(O)c(Cl)c3)cc2c1NC1CCC(C(=O)NCCN(C)C)CC1. The average Bonchev–Trinajstić information content (AvgIpc) is 2.86. The first-order chi connectivity index (χ1) is 17.6. The van der Waals surface area contributed by atoms with E-state index >= 15 is 0 Å². The number of phenols is 1. The Bertz CT molecular complexity index is 1300. The maximum Gasteiger partial charge on any atom is 0.223 e. The zero-order chi connectivity index (χ0) is 26.7. The molecule has 2 aromatic carbocycles. The van der Waals surface area contributed by atoms with Crippen molar-refractivity contribution >= 4 is 39.9 Å². The molecule has 1 aliphatic rings. The Balaban J connectivity index is 1.57. The number of carbonyl (C=O) groups is 2. The number of aromatic hydroxyl groups is 1. The minimum Gasteiger partial charge on any atom is -0.504 e. The third-order valence-corrected chi connectivity index (χ3v) is 7.19. The third kappa shape index (κ3) is 6.19. The minimum absolute atomic E-state index is 0.0116. The molecular formula is C28H32ClFN4O3. The van der Waals surface area contributed by atoms with E-state index in [1.807, 2.05) is 31.1 Å². The highest BCUT2D eigenvalue weighted by molar-refractivity contribution is 6.32. The number of pyridine rings is 1. The fraction of sp³-hybridized carbons (Fsp3) is 0.393. The van der Waals surface area contributed by atoms with E-state index in [1.165, 1.54) is 19.1 Å². The number of hydrogen-bond acceptors (Lipinski definition) is 6. The number of Topliss-reactive ketones (excluding diaryl/α,β-unsaturated/α-hetero) is 1. The van der Waals surface area contributed by atoms with Crippen LogP contribution in [0.2, 0.25) is 5.02 Å². The molecule has 37 heavy (non-hydrogen) atoms. The van der Waals surface area contributed by atoms with Crippen molar-refractivity contribution < 1.29 is 19.1 Å². The number of likely N-dealkylation sites (N-methyl/N-ethyl adjacent to an activating group) is 1. The van der Waals surface area contributed by atoms with Crippen molar-refractivity contribution in [3.63, 3.8) is 0 Å². The quantitative estimate of drug-likeness (QED) is 0.347. The summed E-state index contributed by atoms with van der Waals surface area (Å²) < 4.78 is 14.2. The summed E-state index contributed by atoms with van der Waals surface area (Å²) in [6.45, 7) is 2.94. The van der Waals surface area contributed by atoms with Gasteiger partial charge in [-0.15, -0.1) is 0 Å². The second-order valence-electron chi connectivity index (χ2n) is 9.91. The Morgan fingerprint density at radius 2 is 1.86 bits per heavy atom. The maximum atomic E-state index is 14.2. The molecule has 1 aliphatic carbocycles. The Kier molecular flexibility index (Phi) is 8.29. The van der Waals surface area contributed by atoms with E-state index in [4.69, 9.17) is 11.6 Å². The molecule has 1 aromatic heterocycles. The molecule has 0 atom stereocenters. The Labute approximate surface area is 221 Å². The molecule has 9 heteroatoms. The Hall–Kier alpha value is -3.23. The first-order valence-corrected chi connectivity index (χ1v) is 12.8. The standard InChI is InChI=1S/C28H32ClFN4O3/c1-16(35)22-15-32-25-9-6-18(19-13-23(29)27(36)24(30)14-19)12-21(25)26(22)33-20-7-4-17(5-8-20)28(37)31-10-11-34(2)3/h6,9,12-15,17,20,36H,4-5,7-8,10-11H2,1-3H3,(H,31,37)(H,32,33). The van der Waals surface area contributed by atoms with Crippen LogP contribution in [-0.2, 0) is 4.79 Å². The predicted molar refractivity (Wildman–Crippen MR) is 145 cm³/mol. The number of ketones is 1. The van der Waals surface area contributed by atoms with Crippen LogP contribution in [0.4, 0.5) is 10.1 Å². The smallest absolute Gasteiger partial charge is 0.223 e. The van der Waals surface area contributed by atoms with Gasteiger partial charge in [-0.3, -0.25) is 14.6 Å². The molecular weight excluding hydrogens is 495 g/mol. The number of fused-ring (bicyclic) bond motifs is 1. The van der Waals surface area contributed by atoms with Gasteiger partial charge >= 0.3 is 0 Å². The normalized spacial score (nSPS) is 17.7. The summed E-state index contributed by atoms with van der Waals surface area (Å²) in [5.41, 5.74) is 3.03. The van der Waals surface area contributed by atoms with Gasteiger partial charge in [-0.25, -0.2) is 4.39 Å². The Morgan fingerprint density at radius 3 is 2.51 bits per heavy atom. The van der Waals surface area contributed by atoms with Crippen LogP contribution < -0.4 is 10.6 Å². The molecule has 0 spiro atoms. The van der Waals surface area contributed by atoms with E-state index in [0.29, 0.717) is 34.4 Å². The molecule has 196 valence electrons. The number of halogens is 2. The number of nitrogens with one attached hydrogen (secondary N) is 2. The van der Waals surface area contributed by atoms with Crippen LogP contribution in [0.25, 0.3) is 22.0 Å². The first kappa shape index (κ1) is 26.8. The average molecular weight is 527 g/mol. The minimum atomic E-state index is -0.806. The molecule has 1 heterocycles. The van der Waals surface area contributed by atoms with Gasteiger partial charge in [-0.1, -0.05) is 17.7 Å². The van der Waals surface area contributed by atoms with Gasteiger partial charge in [0.05, 0.1) is 21.8 Å². The molecule has 0 bridgehead atoms. The number of nitrogens with zero attached hydrogens (tertiary/aromatic N) is 2. The van der Waals surface area contributed by atoms with Crippen LogP contribution in [0.3, 0.4) is 0 Å². The summed E-state index contributed by atoms with van der Waals surface area (Å²) in [6, 6.07) is 8.29. The summed E-state index contributed by atoms with van der Waals surface area (Å²) in [5.74, 6) is -1.42. The number of aromatic nitrogens is 1. The highest BCUT2D eigenvalue weighted by Gasteiger charge is 2.27. The number of benzene rings is 2. The highest BCUT2D eigenvalue weighted by Crippen LogP contribution is 2.36. The number of anilines is 1. The molecule has 0 aliphatic heterocycles. The summed E-state index contributed by atoms with van der Waals surface area (Å²) >= 11 is 6.00. The van der Waals surface area contributed by atoms with Gasteiger partial charge in [0.25, 0.3) is 0 Å². The second kappa shape index (κ2) is 11.4. The van der Waals surface area contributed by atoms with Crippen LogP contribution in [0.15, 0.2) is 36.5 Å². The molecule has 0 saturated heterocycles. The van der Waals surface area contributed by atoms with Crippen molar-refractivity contribution in [3.8, 4) is 16.9 Å². The second-order valence-corrected chi connectivity index (χ2v) is 10.3. The fourth-order valence-corrected chi connectivity index (χ4v) is 4.99. The summed E-state index contributed by atoms with van der Waals surface area (Å²) in [4.78, 5) is 31.5. The molecule has 3 aromatic rings. The van der Waals surface area contributed by atoms with Gasteiger partial charge in [0, 0.05) is 36.6 Å². The molecule has 4 rings (SSSR count). The molecule has 7 nitrogen and oxygen atoms in total. The topological polar surface area (TPSA) is 94.6 Å². The van der Waals surface area contributed by atoms with Crippen LogP contribution in [0, 0.1) is 11.7 Å². The van der Waals surface area contributed by atoms with Crippen LogP contribution in [0.5, 0.6) is 5.75 Å². The van der Waals surface area contributed by atoms with Gasteiger partial charge < -0.3 is 20.6 Å². The lowest BCUT2D eigenvalue weighted by molar-refractivity contribution is -0.125. The highest BCUT2D eigenvalue weighted by atomic mass is 35.5. The number of amides is 1. The maximum absolute atomic E-state index is 14.2. The van der Waals surface area contributed by atoms with Gasteiger partial charge in [0.15, 0.2) is 17.3 Å². The summed E-state index contributed by atoms with van der Waals surface area (Å²) in [7, 11) is 3.95. The largest absolute Gasteiger partial charge is 0.504 e. The van der Waals surface area contributed by atoms with E-state index in [-0.39, 0.29) is 28.7 Å². The molecule has 0 radical (unpaired) electrons. The monoisotopic (exact) mass is 526 g/mol. The molecule has 0 unspecified atom stereocenters. The number of phenolic OH excluding ortho intramolecular Hbond substituents is 1. The fourth-order valence-electron chi connectivity index (χ4n) is 4.78. The third-order valence-electron chi connectivity index (χ3n) is 6.90. The van der Waals surface area contributed by atoms with E-state index in [0.717, 1.165) is 37.6 Å². The lowest BCUT2D eigenvalue weighted by Gasteiger charge is -2.30. The van der Waals surface area contributed by atoms with Crippen molar-refractivity contribution in [3.05, 3.63) is 52.9 Å². The Morgan fingerprint density at radius 1 is 1.14 bits per heavy atom. The van der Waals surface area contributed by atoms with Gasteiger partial charge in [0.1, 0.15) is 0 Å². The van der Waals surface area contributed by atoms with Crippen molar-refractivity contribution in [2.24, 2.45) is 5.92 Å². The van der Waals surface area contributed by atoms with E-state index in [2.05, 4.69) is 15.6 Å². The van der Waals surface area contributed by atoms with E-state index in [1.54, 1.807) is 12.3 Å². The summed E-state index contributed by atoms with van der Waals surface area (Å²) in [5, 5.41) is 16.9. The molecule has 1 fully saturated rings. The van der Waals surface area contributed by atoms with Crippen LogP contribution in [-0.4, -0.2) is 59.9 Å². The zero-order valence-electron chi connectivity index (χ0n) is 21.3. The number of rotatable bonds is 8. The van der Waals surface area contributed by atoms with Crippen molar-refractivity contribution in [2.75, 3.05) is 32.5 Å². The van der Waals surface area contributed by atoms with Crippen LogP contribution in [0.1, 0.15) is 43.0 Å². The van der Waals surface area contributed by atoms with Crippen molar-refractivity contribution in [1.82, 2.24) is 15.2 Å². The lowest BCUT2D eigenvalue weighted by Crippen LogP contribution is -2.38. The van der Waals surface area contributed by atoms with Crippen molar-refractivity contribution in [2.45, 2.75) is 38.6 Å². The number of carbonyl (C=O) groups excluding carboxylic acids is 2. The zero-order valence-corrected chi connectivity index (χ0v) is 22.0. The summed E-state index contributed by atoms with van der Waals surface area (Å²) in [6.07, 6.45) is 4.70. The van der Waals surface area contributed by atoms with Gasteiger partial charge in [-0.2, -0.15) is 0 Å². The van der Waals surface area contributed by atoms with Crippen molar-refractivity contribution in [1.29, 1.82) is 0 Å². The lowest BCUT2D eigenvalue weighted by atomic mass is 9.85.